The van der Waals surface area contributed by atoms with Crippen LogP contribution in [0, 0.1) is 6.92 Å². The second kappa shape index (κ2) is 11.1. The molecule has 5 rings (SSSR count). The van der Waals surface area contributed by atoms with E-state index in [-0.39, 0.29) is 17.6 Å². The molecule has 2 unspecified atom stereocenters. The number of rotatable bonds is 6. The smallest absolute Gasteiger partial charge is 0.254 e. The molecule has 3 aromatic rings. The first-order valence-corrected chi connectivity index (χ1v) is 13.7. The molecule has 0 saturated carbocycles. The number of amides is 1. The van der Waals surface area contributed by atoms with Crippen molar-refractivity contribution >= 4 is 33.3 Å². The van der Waals surface area contributed by atoms with E-state index in [0.29, 0.717) is 41.2 Å². The van der Waals surface area contributed by atoms with E-state index in [4.69, 9.17) is 9.47 Å². The third-order valence-corrected chi connectivity index (χ3v) is 8.20. The van der Waals surface area contributed by atoms with E-state index in [9.17, 15) is 9.59 Å². The molecule has 1 amide bonds. The molecule has 7 heteroatoms. The number of nitrogens with one attached hydrogen (secondary N) is 2. The lowest BCUT2D eigenvalue weighted by Crippen LogP contribution is -2.37. The van der Waals surface area contributed by atoms with Gasteiger partial charge < -0.3 is 20.1 Å². The predicted molar refractivity (Wildman–Crippen MR) is 156 cm³/mol. The topological polar surface area (TPSA) is 76.7 Å². The first kappa shape index (κ1) is 26.8. The van der Waals surface area contributed by atoms with Gasteiger partial charge in [-0.1, -0.05) is 57.9 Å². The van der Waals surface area contributed by atoms with Gasteiger partial charge in [0.2, 0.25) is 0 Å². The summed E-state index contributed by atoms with van der Waals surface area (Å²) in [5.74, 6) is 0.552. The summed E-state index contributed by atoms with van der Waals surface area (Å²) in [4.78, 5) is 27.7. The van der Waals surface area contributed by atoms with Crippen LogP contribution in [0.5, 0.6) is 11.5 Å². The monoisotopic (exact) mass is 586 g/mol. The number of carbonyl (C=O) groups is 2. The largest absolute Gasteiger partial charge is 0.493 e. The van der Waals surface area contributed by atoms with Gasteiger partial charge in [-0.05, 0) is 67.6 Å². The average molecular weight is 588 g/mol. The zero-order chi connectivity index (χ0) is 27.7. The maximum atomic E-state index is 13.9. The number of ether oxygens (including phenoxy) is 2. The van der Waals surface area contributed by atoms with E-state index < -0.39 is 5.92 Å². The van der Waals surface area contributed by atoms with Crippen LogP contribution in [0.15, 0.2) is 93.7 Å². The van der Waals surface area contributed by atoms with Crippen molar-refractivity contribution in [3.8, 4) is 11.5 Å². The summed E-state index contributed by atoms with van der Waals surface area (Å²) in [5.41, 5.74) is 6.50. The maximum Gasteiger partial charge on any atom is 0.254 e. The molecule has 0 bridgehead atoms. The van der Waals surface area contributed by atoms with Crippen LogP contribution in [0.2, 0.25) is 0 Å². The van der Waals surface area contributed by atoms with Gasteiger partial charge in [-0.25, -0.2) is 0 Å². The third kappa shape index (κ3) is 5.23. The minimum atomic E-state index is -0.499. The summed E-state index contributed by atoms with van der Waals surface area (Å²) in [6.07, 6.45) is 0.977. The van der Waals surface area contributed by atoms with Crippen molar-refractivity contribution in [1.29, 1.82) is 0 Å². The standard InChI is InChI=1S/C32H31BrN2O4/c1-18-9-12-22(13-10-18)35-32(37)29-19(2)34-25-15-21(20-11-14-27(38-3)28(17-20)39-4)16-26(36)31(25)30(29)23-7-5-6-8-24(23)33/h5-14,17,21,30,34H,15-16H2,1-4H3,(H,35,37). The lowest BCUT2D eigenvalue weighted by molar-refractivity contribution is -0.116. The van der Waals surface area contributed by atoms with Crippen molar-refractivity contribution in [2.75, 3.05) is 19.5 Å². The van der Waals surface area contributed by atoms with Gasteiger partial charge in [-0.15, -0.1) is 0 Å². The predicted octanol–water partition coefficient (Wildman–Crippen LogP) is 6.78. The summed E-state index contributed by atoms with van der Waals surface area (Å²) < 4.78 is 11.8. The van der Waals surface area contributed by atoms with Crippen LogP contribution in [-0.2, 0) is 9.59 Å². The average Bonchev–Trinajstić information content (AvgIpc) is 2.93. The van der Waals surface area contributed by atoms with Gasteiger partial charge in [0.05, 0.1) is 14.2 Å². The van der Waals surface area contributed by atoms with Gasteiger partial charge >= 0.3 is 0 Å². The van der Waals surface area contributed by atoms with Crippen molar-refractivity contribution in [2.45, 2.75) is 38.5 Å². The van der Waals surface area contributed by atoms with Gasteiger partial charge in [-0.3, -0.25) is 9.59 Å². The summed E-state index contributed by atoms with van der Waals surface area (Å²) in [6, 6.07) is 21.3. The summed E-state index contributed by atoms with van der Waals surface area (Å²) in [5, 5.41) is 6.50. The highest BCUT2D eigenvalue weighted by Gasteiger charge is 2.41. The first-order chi connectivity index (χ1) is 18.8. The lowest BCUT2D eigenvalue weighted by Gasteiger charge is -2.37. The Morgan fingerprint density at radius 2 is 1.67 bits per heavy atom. The van der Waals surface area contributed by atoms with Crippen LogP contribution < -0.4 is 20.1 Å². The Hall–Kier alpha value is -3.84. The molecule has 1 aliphatic heterocycles. The Balaban J connectivity index is 1.55. The summed E-state index contributed by atoms with van der Waals surface area (Å²) >= 11 is 3.68. The summed E-state index contributed by atoms with van der Waals surface area (Å²) in [6.45, 7) is 3.91. The molecule has 2 N–H and O–H groups in total. The van der Waals surface area contributed by atoms with Crippen molar-refractivity contribution < 1.29 is 19.1 Å². The number of methoxy groups -OCH3 is 2. The third-order valence-electron chi connectivity index (χ3n) is 7.48. The van der Waals surface area contributed by atoms with Crippen molar-refractivity contribution in [2.24, 2.45) is 0 Å². The minimum Gasteiger partial charge on any atom is -0.493 e. The Bertz CT molecular complexity index is 1510. The van der Waals surface area contributed by atoms with E-state index >= 15 is 0 Å². The quantitative estimate of drug-likeness (QED) is 0.333. The van der Waals surface area contributed by atoms with Crippen molar-refractivity contribution in [3.63, 3.8) is 0 Å². The molecule has 6 nitrogen and oxygen atoms in total. The normalized spacial score (nSPS) is 18.8. The first-order valence-electron chi connectivity index (χ1n) is 12.9. The van der Waals surface area contributed by atoms with E-state index in [0.717, 1.165) is 32.6 Å². The maximum absolute atomic E-state index is 13.9. The number of hydrogen-bond acceptors (Lipinski definition) is 5. The van der Waals surface area contributed by atoms with Crippen LogP contribution in [-0.4, -0.2) is 25.9 Å². The Kier molecular flexibility index (Phi) is 7.62. The van der Waals surface area contributed by atoms with Crippen LogP contribution in [0.25, 0.3) is 0 Å². The molecule has 0 spiro atoms. The molecule has 200 valence electrons. The molecule has 0 saturated heterocycles. The molecule has 39 heavy (non-hydrogen) atoms. The van der Waals surface area contributed by atoms with Gasteiger partial charge in [0, 0.05) is 45.0 Å². The minimum absolute atomic E-state index is 0.0254. The SMILES string of the molecule is COc1ccc(C2CC(=O)C3=C(C2)NC(C)=C(C(=O)Nc2ccc(C)cc2)C3c2ccccc2Br)cc1OC. The van der Waals surface area contributed by atoms with Gasteiger partial charge in [0.15, 0.2) is 17.3 Å². The molecule has 3 aromatic carbocycles. The second-order valence-electron chi connectivity index (χ2n) is 9.97. The van der Waals surface area contributed by atoms with Crippen LogP contribution >= 0.6 is 15.9 Å². The Morgan fingerprint density at radius 1 is 0.949 bits per heavy atom. The number of dihydropyridines is 1. The number of carbonyl (C=O) groups excluding carboxylic acids is 2. The number of benzene rings is 3. The number of allylic oxidation sites excluding steroid dienone is 3. The number of ketones is 1. The molecule has 1 heterocycles. The molecule has 1 aliphatic carbocycles. The number of Topliss-reactive ketones (excluding diaryl/α,β-unsaturated/α-hetero) is 1. The fraction of sp³-hybridized carbons (Fsp3) is 0.250. The number of anilines is 1. The molecule has 2 aliphatic rings. The fourth-order valence-corrected chi connectivity index (χ4v) is 6.05. The summed E-state index contributed by atoms with van der Waals surface area (Å²) in [7, 11) is 3.21. The van der Waals surface area contributed by atoms with E-state index in [1.807, 2.05) is 80.6 Å². The number of aryl methyl sites for hydroxylation is 1. The van der Waals surface area contributed by atoms with Crippen LogP contribution in [0.4, 0.5) is 5.69 Å². The van der Waals surface area contributed by atoms with E-state index in [2.05, 4.69) is 26.6 Å². The number of hydrogen-bond donors (Lipinski definition) is 2. The second-order valence-corrected chi connectivity index (χ2v) is 10.8. The molecular weight excluding hydrogens is 556 g/mol. The van der Waals surface area contributed by atoms with Crippen molar-refractivity contribution in [3.05, 3.63) is 110 Å². The Labute approximate surface area is 237 Å². The van der Waals surface area contributed by atoms with Crippen molar-refractivity contribution in [1.82, 2.24) is 5.32 Å². The Morgan fingerprint density at radius 3 is 2.36 bits per heavy atom. The molecular formula is C32H31BrN2O4. The van der Waals surface area contributed by atoms with Crippen LogP contribution in [0.1, 0.15) is 48.3 Å². The highest BCUT2D eigenvalue weighted by atomic mass is 79.9. The highest BCUT2D eigenvalue weighted by Crippen LogP contribution is 2.47. The van der Waals surface area contributed by atoms with Gasteiger partial charge in [0.25, 0.3) is 5.91 Å². The number of halogens is 1. The van der Waals surface area contributed by atoms with Gasteiger partial charge in [0.1, 0.15) is 0 Å². The molecule has 0 radical (unpaired) electrons. The zero-order valence-electron chi connectivity index (χ0n) is 22.4. The molecule has 0 fully saturated rings. The molecule has 0 aromatic heterocycles. The van der Waals surface area contributed by atoms with E-state index in [1.165, 1.54) is 0 Å². The van der Waals surface area contributed by atoms with Gasteiger partial charge in [-0.2, -0.15) is 0 Å². The van der Waals surface area contributed by atoms with E-state index in [1.54, 1.807) is 14.2 Å². The highest BCUT2D eigenvalue weighted by molar-refractivity contribution is 9.10. The fourth-order valence-electron chi connectivity index (χ4n) is 5.54. The zero-order valence-corrected chi connectivity index (χ0v) is 24.0. The van der Waals surface area contributed by atoms with Crippen LogP contribution in [0.3, 0.4) is 0 Å². The molecule has 2 atom stereocenters. The lowest BCUT2D eigenvalue weighted by atomic mass is 9.71.